The summed E-state index contributed by atoms with van der Waals surface area (Å²) in [6, 6.07) is 1.96. The fourth-order valence-electron chi connectivity index (χ4n) is 2.52. The van der Waals surface area contributed by atoms with Crippen molar-refractivity contribution in [1.82, 2.24) is 14.9 Å². The van der Waals surface area contributed by atoms with E-state index in [0.29, 0.717) is 11.9 Å². The number of methoxy groups -OCH3 is 1. The van der Waals surface area contributed by atoms with Gasteiger partial charge in [-0.05, 0) is 33.4 Å². The van der Waals surface area contributed by atoms with Gasteiger partial charge in [0, 0.05) is 12.1 Å². The predicted molar refractivity (Wildman–Crippen MR) is 76.8 cm³/mol. The van der Waals surface area contributed by atoms with Crippen LogP contribution in [0.5, 0.6) is 11.9 Å². The number of ether oxygens (including phenoxy) is 2. The van der Waals surface area contributed by atoms with Crippen molar-refractivity contribution in [3.05, 3.63) is 11.8 Å². The lowest BCUT2D eigenvalue weighted by molar-refractivity contribution is 0.111. The standard InChI is InChI=1S/C13H21N5O3/c1-8(10-5-4-6-18(10)2)21-13-15-9(12(14)17-19)7-11(16-13)20-3/h7-8,10,19H,4-6H2,1-3H3,(H2,14,17)/t8-,10-/m0/s1. The lowest BCUT2D eigenvalue weighted by Gasteiger charge is -2.25. The topological polar surface area (TPSA) is 106 Å². The van der Waals surface area contributed by atoms with E-state index in [1.165, 1.54) is 13.2 Å². The molecule has 21 heavy (non-hydrogen) atoms. The maximum atomic E-state index is 8.75. The molecule has 1 aromatic heterocycles. The SMILES string of the molecule is COc1cc(/C(N)=N/O)nc(O[C@@H](C)[C@@H]2CCCN2C)n1. The summed E-state index contributed by atoms with van der Waals surface area (Å²) in [6.07, 6.45) is 2.17. The Balaban J connectivity index is 2.18. The average molecular weight is 295 g/mol. The van der Waals surface area contributed by atoms with E-state index < -0.39 is 0 Å². The van der Waals surface area contributed by atoms with E-state index in [2.05, 4.69) is 27.1 Å². The molecular formula is C13H21N5O3. The summed E-state index contributed by atoms with van der Waals surface area (Å²) in [4.78, 5) is 10.5. The number of rotatable bonds is 5. The summed E-state index contributed by atoms with van der Waals surface area (Å²) in [5, 5.41) is 11.7. The van der Waals surface area contributed by atoms with Crippen molar-refractivity contribution >= 4 is 5.84 Å². The summed E-state index contributed by atoms with van der Waals surface area (Å²) >= 11 is 0. The molecule has 2 rings (SSSR count). The van der Waals surface area contributed by atoms with Gasteiger partial charge in [-0.25, -0.2) is 0 Å². The molecule has 0 bridgehead atoms. The first-order valence-corrected chi connectivity index (χ1v) is 6.83. The molecule has 1 saturated heterocycles. The van der Waals surface area contributed by atoms with Crippen LogP contribution < -0.4 is 15.2 Å². The van der Waals surface area contributed by atoms with Crippen LogP contribution in [0.25, 0.3) is 0 Å². The summed E-state index contributed by atoms with van der Waals surface area (Å²) in [5.41, 5.74) is 5.81. The van der Waals surface area contributed by atoms with E-state index in [-0.39, 0.29) is 23.6 Å². The van der Waals surface area contributed by atoms with Gasteiger partial charge in [-0.2, -0.15) is 9.97 Å². The van der Waals surface area contributed by atoms with Gasteiger partial charge in [0.25, 0.3) is 0 Å². The van der Waals surface area contributed by atoms with Crippen LogP contribution in [-0.2, 0) is 0 Å². The fraction of sp³-hybridized carbons (Fsp3) is 0.615. The van der Waals surface area contributed by atoms with Crippen molar-refractivity contribution in [2.45, 2.75) is 31.9 Å². The second kappa shape index (κ2) is 6.57. The number of hydrogen-bond acceptors (Lipinski definition) is 7. The molecule has 0 spiro atoms. The second-order valence-corrected chi connectivity index (χ2v) is 5.08. The minimum atomic E-state index is -0.119. The number of likely N-dealkylation sites (tertiary alicyclic amines) is 1. The van der Waals surface area contributed by atoms with Crippen molar-refractivity contribution in [3.63, 3.8) is 0 Å². The molecule has 8 heteroatoms. The Morgan fingerprint density at radius 2 is 2.33 bits per heavy atom. The normalized spacial score (nSPS) is 21.3. The molecule has 3 N–H and O–H groups in total. The maximum Gasteiger partial charge on any atom is 0.320 e. The molecule has 0 amide bonds. The zero-order valence-electron chi connectivity index (χ0n) is 12.5. The second-order valence-electron chi connectivity index (χ2n) is 5.08. The molecule has 1 aliphatic rings. The van der Waals surface area contributed by atoms with Crippen LogP contribution in [-0.4, -0.2) is 58.8 Å². The van der Waals surface area contributed by atoms with Gasteiger partial charge in [0.05, 0.1) is 7.11 Å². The van der Waals surface area contributed by atoms with E-state index in [4.69, 9.17) is 20.4 Å². The van der Waals surface area contributed by atoms with Gasteiger partial charge >= 0.3 is 6.01 Å². The molecule has 0 radical (unpaired) electrons. The van der Waals surface area contributed by atoms with Crippen LogP contribution >= 0.6 is 0 Å². The highest BCUT2D eigenvalue weighted by molar-refractivity contribution is 5.95. The van der Waals surface area contributed by atoms with Crippen LogP contribution in [0.15, 0.2) is 11.2 Å². The van der Waals surface area contributed by atoms with Crippen molar-refractivity contribution in [2.75, 3.05) is 20.7 Å². The molecule has 0 unspecified atom stereocenters. The predicted octanol–water partition coefficient (Wildman–Crippen LogP) is 0.441. The van der Waals surface area contributed by atoms with Crippen LogP contribution in [0.2, 0.25) is 0 Å². The number of aromatic nitrogens is 2. The third-order valence-electron chi connectivity index (χ3n) is 3.67. The van der Waals surface area contributed by atoms with Gasteiger partial charge in [0.2, 0.25) is 5.88 Å². The summed E-state index contributed by atoms with van der Waals surface area (Å²) in [5.74, 6) is 0.180. The number of oxime groups is 1. The number of nitrogens with zero attached hydrogens (tertiary/aromatic N) is 4. The molecule has 1 aromatic rings. The number of amidine groups is 1. The molecule has 116 valence electrons. The molecule has 2 atom stereocenters. The zero-order chi connectivity index (χ0) is 15.4. The maximum absolute atomic E-state index is 8.75. The first-order valence-electron chi connectivity index (χ1n) is 6.83. The lowest BCUT2D eigenvalue weighted by atomic mass is 10.1. The molecule has 1 aliphatic heterocycles. The zero-order valence-corrected chi connectivity index (χ0v) is 12.5. The Bertz CT molecular complexity index is 523. The largest absolute Gasteiger partial charge is 0.481 e. The summed E-state index contributed by atoms with van der Waals surface area (Å²) in [7, 11) is 3.56. The van der Waals surface area contributed by atoms with Gasteiger partial charge in [0.15, 0.2) is 5.84 Å². The third kappa shape index (κ3) is 3.52. The highest BCUT2D eigenvalue weighted by Gasteiger charge is 2.28. The smallest absolute Gasteiger partial charge is 0.320 e. The molecule has 0 aromatic carbocycles. The van der Waals surface area contributed by atoms with E-state index >= 15 is 0 Å². The Labute approximate surface area is 123 Å². The number of likely N-dealkylation sites (N-methyl/N-ethyl adjacent to an activating group) is 1. The van der Waals surface area contributed by atoms with Gasteiger partial charge in [-0.15, -0.1) is 0 Å². The van der Waals surface area contributed by atoms with Crippen molar-refractivity contribution in [1.29, 1.82) is 0 Å². The van der Waals surface area contributed by atoms with E-state index in [9.17, 15) is 0 Å². The van der Waals surface area contributed by atoms with E-state index in [1.807, 2.05) is 6.92 Å². The Hall–Kier alpha value is -2.09. The fourth-order valence-corrected chi connectivity index (χ4v) is 2.52. The molecule has 8 nitrogen and oxygen atoms in total. The molecule has 2 heterocycles. The Morgan fingerprint density at radius 1 is 1.57 bits per heavy atom. The van der Waals surface area contributed by atoms with E-state index in [1.54, 1.807) is 0 Å². The summed E-state index contributed by atoms with van der Waals surface area (Å²) < 4.78 is 10.9. The average Bonchev–Trinajstić information content (AvgIpc) is 2.92. The molecular weight excluding hydrogens is 274 g/mol. The minimum absolute atomic E-state index is 0.0651. The quantitative estimate of drug-likeness (QED) is 0.351. The highest BCUT2D eigenvalue weighted by atomic mass is 16.5. The minimum Gasteiger partial charge on any atom is -0.481 e. The van der Waals surface area contributed by atoms with Gasteiger partial charge in [-0.3, -0.25) is 4.90 Å². The Morgan fingerprint density at radius 3 is 2.90 bits per heavy atom. The monoisotopic (exact) mass is 295 g/mol. The van der Waals surface area contributed by atoms with Gasteiger partial charge in [-0.1, -0.05) is 5.16 Å². The van der Waals surface area contributed by atoms with Crippen molar-refractivity contribution in [2.24, 2.45) is 10.9 Å². The summed E-state index contributed by atoms with van der Waals surface area (Å²) in [6.45, 7) is 3.05. The molecule has 0 aliphatic carbocycles. The van der Waals surface area contributed by atoms with Crippen LogP contribution in [0.3, 0.4) is 0 Å². The first-order chi connectivity index (χ1) is 10.0. The van der Waals surface area contributed by atoms with E-state index in [0.717, 1.165) is 19.4 Å². The van der Waals surface area contributed by atoms with Crippen molar-refractivity contribution < 1.29 is 14.7 Å². The lowest BCUT2D eigenvalue weighted by Crippen LogP contribution is -2.38. The van der Waals surface area contributed by atoms with Crippen LogP contribution in [0, 0.1) is 0 Å². The first kappa shape index (κ1) is 15.3. The highest BCUT2D eigenvalue weighted by Crippen LogP contribution is 2.22. The van der Waals surface area contributed by atoms with Crippen molar-refractivity contribution in [3.8, 4) is 11.9 Å². The number of hydrogen-bond donors (Lipinski definition) is 2. The van der Waals surface area contributed by atoms with Gasteiger partial charge < -0.3 is 20.4 Å². The molecule has 1 fully saturated rings. The van der Waals surface area contributed by atoms with Gasteiger partial charge in [0.1, 0.15) is 11.8 Å². The van der Waals surface area contributed by atoms with Crippen LogP contribution in [0.1, 0.15) is 25.5 Å². The molecule has 0 saturated carbocycles. The van der Waals surface area contributed by atoms with Crippen LogP contribution in [0.4, 0.5) is 0 Å². The third-order valence-corrected chi connectivity index (χ3v) is 3.67. The number of nitrogens with two attached hydrogens (primary N) is 1. The Kier molecular flexibility index (Phi) is 4.79.